The molecule has 0 spiro atoms. The zero-order valence-corrected chi connectivity index (χ0v) is 6.65. The van der Waals surface area contributed by atoms with Crippen molar-refractivity contribution in [3.8, 4) is 0 Å². The van der Waals surface area contributed by atoms with Gasteiger partial charge >= 0.3 is 40.6 Å². The van der Waals surface area contributed by atoms with Crippen LogP contribution in [0.3, 0.4) is 0 Å². The molecule has 3 heteroatoms. The molecule has 1 nitrogen and oxygen atoms in total. The molecule has 0 rings (SSSR count). The van der Waals surface area contributed by atoms with Gasteiger partial charge in [0.25, 0.3) is 0 Å². The second-order valence-electron chi connectivity index (χ2n) is 0.568. The van der Waals surface area contributed by atoms with E-state index in [-0.39, 0.29) is 0 Å². The topological polar surface area (TPSA) is 17.1 Å². The molecular weight excluding hydrogens is 198 g/mol. The summed E-state index contributed by atoms with van der Waals surface area (Å²) in [4.78, 5) is 0. The zero-order chi connectivity index (χ0) is 4.28. The van der Waals surface area contributed by atoms with Crippen LogP contribution in [-0.4, -0.2) is 25.1 Å². The third kappa shape index (κ3) is 4.84. The number of hydrogen-bond donors (Lipinski definition) is 0. The zero-order valence-electron chi connectivity index (χ0n) is 3.22. The first-order valence-electron chi connectivity index (χ1n) is 1.15. The van der Waals surface area contributed by atoms with Gasteiger partial charge in [-0.15, -0.1) is 0 Å². The molecule has 0 heterocycles. The second-order valence-corrected chi connectivity index (χ2v) is 11.7. The predicted molar refractivity (Wildman–Crippen MR) is 23.9 cm³/mol. The average molecular weight is 204 g/mol. The molecule has 0 aliphatic carbocycles. The molecule has 0 radical (unpaired) electrons. The SMILES string of the molecule is C[Se][Se](C)=O. The van der Waals surface area contributed by atoms with Crippen molar-refractivity contribution in [3.63, 3.8) is 0 Å². The third-order valence-corrected chi connectivity index (χ3v) is 6.34. The molecule has 0 saturated heterocycles. The van der Waals surface area contributed by atoms with Crippen molar-refractivity contribution >= 4 is 25.1 Å². The molecule has 0 N–H and O–H groups in total. The van der Waals surface area contributed by atoms with Gasteiger partial charge in [-0.3, -0.25) is 0 Å². The summed E-state index contributed by atoms with van der Waals surface area (Å²) < 4.78 is 10.0. The fourth-order valence-electron chi connectivity index (χ4n) is 0. The van der Waals surface area contributed by atoms with Crippen LogP contribution in [0, 0.1) is 0 Å². The van der Waals surface area contributed by atoms with Gasteiger partial charge in [-0.25, -0.2) is 0 Å². The average Bonchev–Trinajstić information content (AvgIpc) is 1.38. The van der Waals surface area contributed by atoms with E-state index in [1.54, 1.807) is 0 Å². The summed E-state index contributed by atoms with van der Waals surface area (Å²) in [5, 5.41) is 0. The van der Waals surface area contributed by atoms with Crippen LogP contribution in [0.2, 0.25) is 11.6 Å². The van der Waals surface area contributed by atoms with Crippen molar-refractivity contribution in [2.24, 2.45) is 0 Å². The molecule has 1 atom stereocenters. The Bertz CT molecular complexity index is 42.9. The summed E-state index contributed by atoms with van der Waals surface area (Å²) in [6.45, 7) is 0. The van der Waals surface area contributed by atoms with Crippen LogP contribution in [-0.2, 0) is 3.83 Å². The summed E-state index contributed by atoms with van der Waals surface area (Å²) >= 11 is -0.789. The van der Waals surface area contributed by atoms with Crippen LogP contribution in [0.5, 0.6) is 0 Å². The third-order valence-electron chi connectivity index (χ3n) is 0.235. The molecule has 0 aliphatic heterocycles. The Morgan fingerprint density at radius 1 is 1.80 bits per heavy atom. The Kier molecular flexibility index (Phi) is 3.56. The predicted octanol–water partition coefficient (Wildman–Crippen LogP) is 0.287. The van der Waals surface area contributed by atoms with Crippen LogP contribution in [0.25, 0.3) is 0 Å². The van der Waals surface area contributed by atoms with Gasteiger partial charge in [-0.2, -0.15) is 0 Å². The summed E-state index contributed by atoms with van der Waals surface area (Å²) in [5.41, 5.74) is 0. The molecule has 0 fully saturated rings. The first kappa shape index (κ1) is 5.84. The van der Waals surface area contributed by atoms with E-state index in [2.05, 4.69) is 0 Å². The van der Waals surface area contributed by atoms with Crippen LogP contribution < -0.4 is 0 Å². The molecule has 0 aliphatic rings. The van der Waals surface area contributed by atoms with Gasteiger partial charge in [-0.05, 0) is 0 Å². The van der Waals surface area contributed by atoms with Crippen LogP contribution in [0.1, 0.15) is 0 Å². The molecular formula is C2H6OSe2. The normalized spacial score (nSPS) is 14.8. The maximum atomic E-state index is 10.0. The molecule has 0 bridgehead atoms. The summed E-state index contributed by atoms with van der Waals surface area (Å²) in [6.07, 6.45) is 0. The van der Waals surface area contributed by atoms with Crippen molar-refractivity contribution < 1.29 is 3.83 Å². The fraction of sp³-hybridized carbons (Fsp3) is 1.00. The Morgan fingerprint density at radius 3 is 2.00 bits per heavy atom. The van der Waals surface area contributed by atoms with E-state index < -0.39 is 12.0 Å². The van der Waals surface area contributed by atoms with Gasteiger partial charge in [0.05, 0.1) is 0 Å². The molecule has 0 aromatic heterocycles. The molecule has 32 valence electrons. The van der Waals surface area contributed by atoms with Crippen molar-refractivity contribution in [2.75, 3.05) is 0 Å². The second kappa shape index (κ2) is 3.05. The molecule has 5 heavy (non-hydrogen) atoms. The standard InChI is InChI=1S/C2H6OSe2/c1-4-5(2)3/h1-2H3. The van der Waals surface area contributed by atoms with Crippen LogP contribution in [0.4, 0.5) is 0 Å². The quantitative estimate of drug-likeness (QED) is 0.561. The summed E-state index contributed by atoms with van der Waals surface area (Å²) in [5.74, 6) is 3.82. The van der Waals surface area contributed by atoms with Crippen molar-refractivity contribution in [1.82, 2.24) is 0 Å². The van der Waals surface area contributed by atoms with Crippen LogP contribution in [0.15, 0.2) is 0 Å². The van der Waals surface area contributed by atoms with E-state index in [1.165, 1.54) is 0 Å². The van der Waals surface area contributed by atoms with Crippen molar-refractivity contribution in [2.45, 2.75) is 11.6 Å². The van der Waals surface area contributed by atoms with E-state index in [1.807, 2.05) is 11.6 Å². The van der Waals surface area contributed by atoms with E-state index >= 15 is 0 Å². The number of hydrogen-bond acceptors (Lipinski definition) is 1. The summed E-state index contributed by atoms with van der Waals surface area (Å²) in [7, 11) is 0. The Balaban J connectivity index is 2.85. The van der Waals surface area contributed by atoms with E-state index in [4.69, 9.17) is 0 Å². The molecule has 1 unspecified atom stereocenters. The van der Waals surface area contributed by atoms with Gasteiger partial charge in [-0.1, -0.05) is 0 Å². The monoisotopic (exact) mass is 206 g/mol. The number of rotatable bonds is 1. The first-order valence-corrected chi connectivity index (χ1v) is 9.61. The van der Waals surface area contributed by atoms with Gasteiger partial charge in [0.2, 0.25) is 0 Å². The van der Waals surface area contributed by atoms with E-state index in [0.717, 1.165) is 0 Å². The molecule has 0 aromatic rings. The molecule has 0 amide bonds. The van der Waals surface area contributed by atoms with Crippen molar-refractivity contribution in [3.05, 3.63) is 0 Å². The van der Waals surface area contributed by atoms with Crippen LogP contribution >= 0.6 is 0 Å². The molecule has 0 saturated carbocycles. The van der Waals surface area contributed by atoms with Gasteiger partial charge in [0.15, 0.2) is 0 Å². The Labute approximate surface area is 40.9 Å². The minimum absolute atomic E-state index is 0.444. The minimum atomic E-state index is -1.23. The van der Waals surface area contributed by atoms with Gasteiger partial charge in [0.1, 0.15) is 0 Å². The van der Waals surface area contributed by atoms with Gasteiger partial charge in [0, 0.05) is 0 Å². The maximum absolute atomic E-state index is 10.0. The van der Waals surface area contributed by atoms with Gasteiger partial charge < -0.3 is 0 Å². The van der Waals surface area contributed by atoms with E-state index in [0.29, 0.717) is 13.1 Å². The van der Waals surface area contributed by atoms with E-state index in [9.17, 15) is 3.83 Å². The van der Waals surface area contributed by atoms with Crippen molar-refractivity contribution in [1.29, 1.82) is 0 Å². The molecule has 0 aromatic carbocycles. The fourth-order valence-corrected chi connectivity index (χ4v) is 0. The Hall–Kier alpha value is 0.839. The Morgan fingerprint density at radius 2 is 2.00 bits per heavy atom. The first-order chi connectivity index (χ1) is 2.27. The summed E-state index contributed by atoms with van der Waals surface area (Å²) in [6, 6.07) is 0.